The molecule has 0 aromatic heterocycles. The molecule has 1 atom stereocenters. The number of carbonyl (C=O) groups excluding carboxylic acids is 1. The van der Waals surface area contributed by atoms with Crippen LogP contribution < -0.4 is 11.1 Å². The molecule has 0 fully saturated rings. The predicted octanol–water partition coefficient (Wildman–Crippen LogP) is 2.89. The summed E-state index contributed by atoms with van der Waals surface area (Å²) in [6.45, 7) is 0. The lowest BCUT2D eigenvalue weighted by Crippen LogP contribution is -2.28. The van der Waals surface area contributed by atoms with E-state index >= 15 is 0 Å². The number of nitrogens with two attached hydrogens (primary N) is 1. The molecular formula is C17H17FN2O. The number of fused-ring (bicyclic) bond motifs is 1. The largest absolute Gasteiger partial charge is 0.380 e. The Morgan fingerprint density at radius 1 is 1.19 bits per heavy atom. The zero-order valence-corrected chi connectivity index (χ0v) is 11.6. The van der Waals surface area contributed by atoms with E-state index in [2.05, 4.69) is 17.4 Å². The maximum Gasteiger partial charge on any atom is 0.248 e. The van der Waals surface area contributed by atoms with Gasteiger partial charge in [-0.3, -0.25) is 4.79 Å². The van der Waals surface area contributed by atoms with E-state index in [-0.39, 0.29) is 11.9 Å². The van der Waals surface area contributed by atoms with Crippen molar-refractivity contribution in [2.24, 2.45) is 5.73 Å². The third-order valence-electron chi connectivity index (χ3n) is 3.96. The smallest absolute Gasteiger partial charge is 0.248 e. The summed E-state index contributed by atoms with van der Waals surface area (Å²) < 4.78 is 13.9. The van der Waals surface area contributed by atoms with Gasteiger partial charge in [0.05, 0.1) is 5.69 Å². The Labute approximate surface area is 123 Å². The average Bonchev–Trinajstić information content (AvgIpc) is 2.49. The van der Waals surface area contributed by atoms with Crippen LogP contribution in [0.2, 0.25) is 0 Å². The van der Waals surface area contributed by atoms with Gasteiger partial charge in [0.2, 0.25) is 5.91 Å². The number of amides is 1. The first-order chi connectivity index (χ1) is 10.1. The molecule has 4 heteroatoms. The van der Waals surface area contributed by atoms with E-state index in [1.165, 1.54) is 29.3 Å². The Balaban J connectivity index is 1.79. The lowest BCUT2D eigenvalue weighted by atomic mass is 9.88. The summed E-state index contributed by atoms with van der Waals surface area (Å²) in [5, 5.41) is 3.20. The summed E-state index contributed by atoms with van der Waals surface area (Å²) in [7, 11) is 0. The molecule has 3 nitrogen and oxygen atoms in total. The average molecular weight is 284 g/mol. The Kier molecular flexibility index (Phi) is 3.60. The summed E-state index contributed by atoms with van der Waals surface area (Å²) >= 11 is 0. The zero-order valence-electron chi connectivity index (χ0n) is 11.6. The molecular weight excluding hydrogens is 267 g/mol. The molecule has 2 aromatic carbocycles. The number of hydrogen-bond acceptors (Lipinski definition) is 2. The lowest BCUT2D eigenvalue weighted by molar-refractivity contribution is 0.100. The Morgan fingerprint density at radius 2 is 1.95 bits per heavy atom. The number of rotatable bonds is 3. The van der Waals surface area contributed by atoms with E-state index in [0.29, 0.717) is 11.3 Å². The first-order valence-corrected chi connectivity index (χ1v) is 7.06. The number of anilines is 1. The van der Waals surface area contributed by atoms with Gasteiger partial charge in [-0.05, 0) is 48.6 Å². The highest BCUT2D eigenvalue weighted by molar-refractivity contribution is 5.93. The van der Waals surface area contributed by atoms with Crippen molar-refractivity contribution in [1.82, 2.24) is 0 Å². The van der Waals surface area contributed by atoms with Crippen molar-refractivity contribution in [2.45, 2.75) is 25.3 Å². The summed E-state index contributed by atoms with van der Waals surface area (Å²) in [5.74, 6) is -0.911. The van der Waals surface area contributed by atoms with Crippen molar-refractivity contribution >= 4 is 11.6 Å². The molecule has 0 saturated heterocycles. The monoisotopic (exact) mass is 284 g/mol. The molecule has 21 heavy (non-hydrogen) atoms. The van der Waals surface area contributed by atoms with Crippen LogP contribution in [-0.2, 0) is 12.8 Å². The first-order valence-electron chi connectivity index (χ1n) is 7.06. The minimum Gasteiger partial charge on any atom is -0.380 e. The minimum absolute atomic E-state index is 0.164. The third kappa shape index (κ3) is 2.89. The van der Waals surface area contributed by atoms with Crippen LogP contribution in [0.3, 0.4) is 0 Å². The number of hydrogen-bond donors (Lipinski definition) is 2. The van der Waals surface area contributed by atoms with E-state index in [9.17, 15) is 9.18 Å². The van der Waals surface area contributed by atoms with Gasteiger partial charge in [0, 0.05) is 11.6 Å². The van der Waals surface area contributed by atoms with Crippen molar-refractivity contribution in [2.75, 3.05) is 5.32 Å². The van der Waals surface area contributed by atoms with Crippen LogP contribution >= 0.6 is 0 Å². The maximum atomic E-state index is 13.9. The summed E-state index contributed by atoms with van der Waals surface area (Å²) in [6.07, 6.45) is 2.78. The van der Waals surface area contributed by atoms with Gasteiger partial charge in [-0.15, -0.1) is 0 Å². The van der Waals surface area contributed by atoms with Gasteiger partial charge >= 0.3 is 0 Å². The zero-order chi connectivity index (χ0) is 14.8. The highest BCUT2D eigenvalue weighted by atomic mass is 19.1. The SMILES string of the molecule is NC(=O)c1ccc(F)c(NC2CCc3ccccc3C2)c1. The predicted molar refractivity (Wildman–Crippen MR) is 80.8 cm³/mol. The molecule has 0 saturated carbocycles. The molecule has 0 radical (unpaired) electrons. The molecule has 1 unspecified atom stereocenters. The number of carbonyl (C=O) groups is 1. The van der Waals surface area contributed by atoms with Crippen LogP contribution in [0.15, 0.2) is 42.5 Å². The fourth-order valence-corrected chi connectivity index (χ4v) is 2.83. The highest BCUT2D eigenvalue weighted by Gasteiger charge is 2.19. The number of primary amides is 1. The molecule has 3 rings (SSSR count). The molecule has 2 aromatic rings. The third-order valence-corrected chi connectivity index (χ3v) is 3.96. The standard InChI is InChI=1S/C17H17FN2O/c18-15-8-6-13(17(19)21)10-16(15)20-14-7-5-11-3-1-2-4-12(11)9-14/h1-4,6,8,10,14,20H,5,7,9H2,(H2,19,21). The second-order valence-electron chi connectivity index (χ2n) is 5.41. The Hall–Kier alpha value is -2.36. The molecule has 108 valence electrons. The van der Waals surface area contributed by atoms with Crippen molar-refractivity contribution in [3.05, 3.63) is 65.0 Å². The molecule has 0 heterocycles. The van der Waals surface area contributed by atoms with Gasteiger partial charge in [0.15, 0.2) is 0 Å². The van der Waals surface area contributed by atoms with E-state index in [0.717, 1.165) is 19.3 Å². The van der Waals surface area contributed by atoms with Gasteiger partial charge in [-0.25, -0.2) is 4.39 Å². The van der Waals surface area contributed by atoms with E-state index in [1.807, 2.05) is 12.1 Å². The van der Waals surface area contributed by atoms with Crippen molar-refractivity contribution in [3.63, 3.8) is 0 Å². The van der Waals surface area contributed by atoms with Gasteiger partial charge in [-0.2, -0.15) is 0 Å². The van der Waals surface area contributed by atoms with Crippen LogP contribution in [-0.4, -0.2) is 11.9 Å². The molecule has 0 aliphatic heterocycles. The summed E-state index contributed by atoms with van der Waals surface area (Å²) in [4.78, 5) is 11.2. The van der Waals surface area contributed by atoms with Gasteiger partial charge in [0.25, 0.3) is 0 Å². The van der Waals surface area contributed by atoms with Crippen LogP contribution in [0.25, 0.3) is 0 Å². The fourth-order valence-electron chi connectivity index (χ4n) is 2.83. The molecule has 0 bridgehead atoms. The molecule has 1 aliphatic carbocycles. The molecule has 1 amide bonds. The second-order valence-corrected chi connectivity index (χ2v) is 5.41. The van der Waals surface area contributed by atoms with Crippen molar-refractivity contribution < 1.29 is 9.18 Å². The number of benzene rings is 2. The maximum absolute atomic E-state index is 13.9. The van der Waals surface area contributed by atoms with Crippen molar-refractivity contribution in [3.8, 4) is 0 Å². The second kappa shape index (κ2) is 5.56. The Morgan fingerprint density at radius 3 is 2.71 bits per heavy atom. The minimum atomic E-state index is -0.549. The van der Waals surface area contributed by atoms with Crippen LogP contribution in [0.4, 0.5) is 10.1 Å². The number of nitrogens with one attached hydrogen (secondary N) is 1. The normalized spacial score (nSPS) is 17.1. The topological polar surface area (TPSA) is 55.1 Å². The van der Waals surface area contributed by atoms with Crippen LogP contribution in [0.1, 0.15) is 27.9 Å². The van der Waals surface area contributed by atoms with E-state index in [1.54, 1.807) is 0 Å². The number of halogens is 1. The molecule has 1 aliphatic rings. The molecule has 0 spiro atoms. The summed E-state index contributed by atoms with van der Waals surface area (Å²) in [6, 6.07) is 12.6. The van der Waals surface area contributed by atoms with E-state index < -0.39 is 5.91 Å². The highest BCUT2D eigenvalue weighted by Crippen LogP contribution is 2.25. The first kappa shape index (κ1) is 13.6. The van der Waals surface area contributed by atoms with E-state index in [4.69, 9.17) is 5.73 Å². The number of aryl methyl sites for hydroxylation is 1. The fraction of sp³-hybridized carbons (Fsp3) is 0.235. The van der Waals surface area contributed by atoms with Gasteiger partial charge < -0.3 is 11.1 Å². The van der Waals surface area contributed by atoms with Crippen LogP contribution in [0, 0.1) is 5.82 Å². The van der Waals surface area contributed by atoms with Gasteiger partial charge in [-0.1, -0.05) is 24.3 Å². The van der Waals surface area contributed by atoms with Gasteiger partial charge in [0.1, 0.15) is 5.82 Å². The van der Waals surface area contributed by atoms with Crippen molar-refractivity contribution in [1.29, 1.82) is 0 Å². The quantitative estimate of drug-likeness (QED) is 0.910. The summed E-state index contributed by atoms with van der Waals surface area (Å²) in [5.41, 5.74) is 8.56. The lowest BCUT2D eigenvalue weighted by Gasteiger charge is -2.26. The Bertz CT molecular complexity index is 684. The molecule has 3 N–H and O–H groups in total. The van der Waals surface area contributed by atoms with Crippen LogP contribution in [0.5, 0.6) is 0 Å².